The van der Waals surface area contributed by atoms with Gasteiger partial charge in [-0.1, -0.05) is 0 Å². The van der Waals surface area contributed by atoms with Crippen LogP contribution < -0.4 is 0 Å². The van der Waals surface area contributed by atoms with Crippen molar-refractivity contribution in [2.75, 3.05) is 6.61 Å². The molecule has 0 amide bonds. The number of fused-ring (bicyclic) bond motifs is 1. The van der Waals surface area contributed by atoms with Crippen LogP contribution in [0.3, 0.4) is 0 Å². The molecule has 1 fully saturated rings. The highest BCUT2D eigenvalue weighted by molar-refractivity contribution is 9.10. The van der Waals surface area contributed by atoms with Crippen LogP contribution in [0.5, 0.6) is 0 Å². The molecule has 0 saturated carbocycles. The first-order valence-electron chi connectivity index (χ1n) is 7.24. The number of hydrogen-bond acceptors (Lipinski definition) is 8. The Morgan fingerprint density at radius 2 is 2.12 bits per heavy atom. The van der Waals surface area contributed by atoms with Crippen LogP contribution in [-0.4, -0.2) is 50.3 Å². The number of carbonyl (C=O) groups excluding carboxylic acids is 2. The fraction of sp³-hybridized carbons (Fsp3) is 0.500. The van der Waals surface area contributed by atoms with Crippen molar-refractivity contribution >= 4 is 39.0 Å². The van der Waals surface area contributed by atoms with Gasteiger partial charge in [0.15, 0.2) is 5.65 Å². The van der Waals surface area contributed by atoms with Crippen LogP contribution in [-0.2, 0) is 23.8 Å². The first-order valence-corrected chi connectivity index (χ1v) is 8.04. The van der Waals surface area contributed by atoms with Gasteiger partial charge < -0.3 is 14.2 Å². The highest BCUT2D eigenvalue weighted by Crippen LogP contribution is 2.33. The number of ether oxygens (including phenoxy) is 3. The molecule has 0 N–H and O–H groups in total. The SMILES string of the molecule is CC(=O)OCC1OC(n2cnc3c(Br)ncnc32)CC1OC(C)=O. The van der Waals surface area contributed by atoms with Gasteiger partial charge in [0.05, 0.1) is 6.33 Å². The van der Waals surface area contributed by atoms with Gasteiger partial charge in [0, 0.05) is 20.3 Å². The molecule has 0 aromatic carbocycles. The minimum Gasteiger partial charge on any atom is -0.463 e. The minimum atomic E-state index is -0.550. The van der Waals surface area contributed by atoms with E-state index in [0.29, 0.717) is 22.2 Å². The van der Waals surface area contributed by atoms with Crippen molar-refractivity contribution < 1.29 is 23.8 Å². The molecule has 0 bridgehead atoms. The zero-order valence-electron chi connectivity index (χ0n) is 13.0. The summed E-state index contributed by atoms with van der Waals surface area (Å²) in [6.07, 6.45) is 1.90. The van der Waals surface area contributed by atoms with Gasteiger partial charge in [-0.25, -0.2) is 15.0 Å². The standard InChI is InChI=1S/C14H15BrN4O5/c1-7(20)22-4-10-9(23-8(2)21)3-11(24-10)19-6-18-12-13(15)16-5-17-14(12)19/h5-6,9-11H,3-4H2,1-2H3. The zero-order chi connectivity index (χ0) is 17.3. The Hall–Kier alpha value is -2.07. The Kier molecular flexibility index (Phi) is 4.76. The molecule has 128 valence electrons. The molecule has 1 aliphatic rings. The normalized spacial score (nSPS) is 23.4. The summed E-state index contributed by atoms with van der Waals surface area (Å²) in [4.78, 5) is 34.8. The Labute approximate surface area is 145 Å². The average molecular weight is 399 g/mol. The van der Waals surface area contributed by atoms with Crippen molar-refractivity contribution in [3.63, 3.8) is 0 Å². The number of aromatic nitrogens is 4. The number of halogens is 1. The highest BCUT2D eigenvalue weighted by Gasteiger charge is 2.39. The van der Waals surface area contributed by atoms with E-state index in [2.05, 4.69) is 30.9 Å². The van der Waals surface area contributed by atoms with Crippen LogP contribution >= 0.6 is 15.9 Å². The molecule has 1 aliphatic heterocycles. The van der Waals surface area contributed by atoms with Crippen molar-refractivity contribution in [3.8, 4) is 0 Å². The van der Waals surface area contributed by atoms with Crippen molar-refractivity contribution in [2.24, 2.45) is 0 Å². The van der Waals surface area contributed by atoms with Crippen LogP contribution in [0, 0.1) is 0 Å². The Morgan fingerprint density at radius 3 is 2.83 bits per heavy atom. The third-order valence-corrected chi connectivity index (χ3v) is 4.15. The first-order chi connectivity index (χ1) is 11.5. The summed E-state index contributed by atoms with van der Waals surface area (Å²) in [7, 11) is 0. The van der Waals surface area contributed by atoms with E-state index < -0.39 is 30.4 Å². The molecule has 9 nitrogen and oxygen atoms in total. The molecule has 3 heterocycles. The lowest BCUT2D eigenvalue weighted by molar-refractivity contribution is -0.155. The topological polar surface area (TPSA) is 105 Å². The lowest BCUT2D eigenvalue weighted by Crippen LogP contribution is -2.31. The summed E-state index contributed by atoms with van der Waals surface area (Å²) in [6.45, 7) is 2.65. The number of imidazole rings is 1. The average Bonchev–Trinajstić information content (AvgIpc) is 3.09. The summed E-state index contributed by atoms with van der Waals surface area (Å²) in [5, 5.41) is 0. The molecular weight excluding hydrogens is 384 g/mol. The second kappa shape index (κ2) is 6.81. The number of nitrogens with zero attached hydrogens (tertiary/aromatic N) is 4. The van der Waals surface area contributed by atoms with E-state index in [4.69, 9.17) is 14.2 Å². The predicted octanol–water partition coefficient (Wildman–Crippen LogP) is 1.37. The first kappa shape index (κ1) is 16.8. The maximum absolute atomic E-state index is 11.3. The van der Waals surface area contributed by atoms with Gasteiger partial charge in [-0.05, 0) is 15.9 Å². The molecule has 3 rings (SSSR count). The molecule has 2 aromatic rings. The van der Waals surface area contributed by atoms with E-state index in [1.165, 1.54) is 20.2 Å². The Morgan fingerprint density at radius 1 is 1.33 bits per heavy atom. The number of carbonyl (C=O) groups is 2. The third-order valence-electron chi connectivity index (χ3n) is 3.57. The van der Waals surface area contributed by atoms with Crippen molar-refractivity contribution in [3.05, 3.63) is 17.3 Å². The van der Waals surface area contributed by atoms with Crippen molar-refractivity contribution in [1.82, 2.24) is 19.5 Å². The van der Waals surface area contributed by atoms with Gasteiger partial charge in [0.25, 0.3) is 0 Å². The van der Waals surface area contributed by atoms with Gasteiger partial charge in [-0.2, -0.15) is 0 Å². The van der Waals surface area contributed by atoms with Gasteiger partial charge in [-0.3, -0.25) is 14.2 Å². The van der Waals surface area contributed by atoms with E-state index in [9.17, 15) is 9.59 Å². The quantitative estimate of drug-likeness (QED) is 0.561. The van der Waals surface area contributed by atoms with Gasteiger partial charge in [0.2, 0.25) is 0 Å². The molecule has 0 spiro atoms. The Bertz CT molecular complexity index is 780. The van der Waals surface area contributed by atoms with Crippen LogP contribution in [0.4, 0.5) is 0 Å². The van der Waals surface area contributed by atoms with Crippen LogP contribution in [0.1, 0.15) is 26.5 Å². The number of hydrogen-bond donors (Lipinski definition) is 0. The molecule has 10 heteroatoms. The maximum atomic E-state index is 11.3. The van der Waals surface area contributed by atoms with Gasteiger partial charge in [0.1, 0.15) is 41.5 Å². The van der Waals surface area contributed by atoms with Gasteiger partial charge >= 0.3 is 11.9 Å². The van der Waals surface area contributed by atoms with Gasteiger partial charge in [-0.15, -0.1) is 0 Å². The summed E-state index contributed by atoms with van der Waals surface area (Å²) < 4.78 is 18.5. The number of rotatable bonds is 4. The lowest BCUT2D eigenvalue weighted by atomic mass is 10.2. The monoisotopic (exact) mass is 398 g/mol. The number of esters is 2. The van der Waals surface area contributed by atoms with Crippen molar-refractivity contribution in [1.29, 1.82) is 0 Å². The fourth-order valence-electron chi connectivity index (χ4n) is 2.59. The molecule has 3 atom stereocenters. The van der Waals surface area contributed by atoms with E-state index in [0.717, 1.165) is 0 Å². The maximum Gasteiger partial charge on any atom is 0.303 e. The molecular formula is C14H15BrN4O5. The molecule has 1 saturated heterocycles. The molecule has 3 unspecified atom stereocenters. The molecule has 2 aromatic heterocycles. The zero-order valence-corrected chi connectivity index (χ0v) is 14.6. The predicted molar refractivity (Wildman–Crippen MR) is 83.7 cm³/mol. The molecule has 0 radical (unpaired) electrons. The molecule has 24 heavy (non-hydrogen) atoms. The minimum absolute atomic E-state index is 0.00902. The summed E-state index contributed by atoms with van der Waals surface area (Å²) in [5.41, 5.74) is 1.20. The van der Waals surface area contributed by atoms with Crippen LogP contribution in [0.2, 0.25) is 0 Å². The van der Waals surface area contributed by atoms with Crippen LogP contribution in [0.25, 0.3) is 11.2 Å². The summed E-state index contributed by atoms with van der Waals surface area (Å²) >= 11 is 3.32. The second-order valence-corrected chi connectivity index (χ2v) is 6.06. The smallest absolute Gasteiger partial charge is 0.303 e. The Balaban J connectivity index is 1.84. The molecule has 0 aliphatic carbocycles. The van der Waals surface area contributed by atoms with Crippen LogP contribution in [0.15, 0.2) is 17.3 Å². The van der Waals surface area contributed by atoms with E-state index in [-0.39, 0.29) is 6.61 Å². The fourth-order valence-corrected chi connectivity index (χ4v) is 2.96. The largest absolute Gasteiger partial charge is 0.463 e. The van der Waals surface area contributed by atoms with Crippen molar-refractivity contribution in [2.45, 2.75) is 38.7 Å². The second-order valence-electron chi connectivity index (χ2n) is 5.30. The lowest BCUT2D eigenvalue weighted by Gasteiger charge is -2.17. The summed E-state index contributed by atoms with van der Waals surface area (Å²) in [6, 6.07) is 0. The van der Waals surface area contributed by atoms with E-state index in [1.807, 2.05) is 0 Å². The summed E-state index contributed by atoms with van der Waals surface area (Å²) in [5.74, 6) is -0.842. The van der Waals surface area contributed by atoms with E-state index >= 15 is 0 Å². The third kappa shape index (κ3) is 3.39. The van der Waals surface area contributed by atoms with E-state index in [1.54, 1.807) is 10.9 Å². The highest BCUT2D eigenvalue weighted by atomic mass is 79.9.